The number of aliphatic carboxylic acids is 1. The van der Waals surface area contributed by atoms with Gasteiger partial charge in [-0.3, -0.25) is 4.90 Å². The molecule has 0 bridgehead atoms. The fourth-order valence-electron chi connectivity index (χ4n) is 4.00. The second-order valence-corrected chi connectivity index (χ2v) is 6.64. The molecule has 0 unspecified atom stereocenters. The van der Waals surface area contributed by atoms with Crippen LogP contribution in [0, 0.1) is 0 Å². The molecule has 1 N–H and O–H groups in total. The Kier molecular flexibility index (Phi) is 5.67. The van der Waals surface area contributed by atoms with Gasteiger partial charge in [-0.05, 0) is 25.7 Å². The van der Waals surface area contributed by atoms with E-state index in [0.717, 1.165) is 32.2 Å². The number of carbonyl (C=O) groups is 1. The van der Waals surface area contributed by atoms with Gasteiger partial charge in [0.2, 0.25) is 5.89 Å². The lowest BCUT2D eigenvalue weighted by Gasteiger charge is -2.43. The molecule has 9 heteroatoms. The summed E-state index contributed by atoms with van der Waals surface area (Å²) in [4.78, 5) is 17.4. The van der Waals surface area contributed by atoms with Gasteiger partial charge < -0.3 is 23.8 Å². The first-order valence-electron chi connectivity index (χ1n) is 8.49. The van der Waals surface area contributed by atoms with Gasteiger partial charge in [0.15, 0.2) is 5.82 Å². The van der Waals surface area contributed by atoms with Crippen LogP contribution in [-0.2, 0) is 32.2 Å². The van der Waals surface area contributed by atoms with E-state index >= 15 is 0 Å². The highest BCUT2D eigenvalue weighted by Gasteiger charge is 2.51. The highest BCUT2D eigenvalue weighted by atomic mass is 16.5. The fourth-order valence-corrected chi connectivity index (χ4v) is 4.00. The molecule has 0 spiro atoms. The lowest BCUT2D eigenvalue weighted by Crippen LogP contribution is -2.51. The van der Waals surface area contributed by atoms with Crippen LogP contribution >= 0.6 is 0 Å². The van der Waals surface area contributed by atoms with Gasteiger partial charge in [-0.1, -0.05) is 5.16 Å². The summed E-state index contributed by atoms with van der Waals surface area (Å²) >= 11 is 0. The van der Waals surface area contributed by atoms with Gasteiger partial charge in [0.05, 0.1) is 18.2 Å². The van der Waals surface area contributed by atoms with Crippen LogP contribution in [0.3, 0.4) is 0 Å². The van der Waals surface area contributed by atoms with E-state index in [2.05, 4.69) is 15.0 Å². The lowest BCUT2D eigenvalue weighted by molar-refractivity contribution is -0.148. The number of hydrogen-bond acceptors (Lipinski definition) is 8. The number of nitrogens with zero attached hydrogens (tertiary/aromatic N) is 3. The molecule has 3 rings (SSSR count). The van der Waals surface area contributed by atoms with Gasteiger partial charge >= 0.3 is 5.97 Å². The number of methoxy groups -OCH3 is 2. The summed E-state index contributed by atoms with van der Waals surface area (Å²) in [5, 5.41) is 12.7. The molecule has 1 saturated heterocycles. The number of carboxylic acids is 1. The minimum Gasteiger partial charge on any atom is -0.480 e. The number of ether oxygens (including phenoxy) is 3. The molecule has 0 aromatic carbocycles. The summed E-state index contributed by atoms with van der Waals surface area (Å²) in [5.74, 6) is 0.136. The Balaban J connectivity index is 1.66. The molecule has 1 aliphatic heterocycles. The number of aromatic nitrogens is 2. The summed E-state index contributed by atoms with van der Waals surface area (Å²) in [7, 11) is 3.33. The zero-order chi connectivity index (χ0) is 17.9. The Morgan fingerprint density at radius 2 is 2.28 bits per heavy atom. The Bertz CT molecular complexity index is 594. The molecule has 2 heterocycles. The van der Waals surface area contributed by atoms with E-state index in [1.807, 2.05) is 0 Å². The number of likely N-dealkylation sites (tertiary alicyclic amines) is 1. The quantitative estimate of drug-likeness (QED) is 0.725. The number of hydrogen-bond donors (Lipinski definition) is 1. The smallest absolute Gasteiger partial charge is 0.329 e. The van der Waals surface area contributed by atoms with Crippen molar-refractivity contribution in [1.82, 2.24) is 15.0 Å². The van der Waals surface area contributed by atoms with Crippen molar-refractivity contribution in [2.45, 2.75) is 56.6 Å². The second kappa shape index (κ2) is 7.77. The van der Waals surface area contributed by atoms with Crippen LogP contribution in [0.2, 0.25) is 0 Å². The molecule has 0 radical (unpaired) electrons. The topological polar surface area (TPSA) is 107 Å². The number of rotatable bonds is 8. The Morgan fingerprint density at radius 1 is 1.44 bits per heavy atom. The molecule has 0 amide bonds. The standard InChI is InChI=1S/C16H25N3O6/c1-22-9-13-17-14(25-18-13)8-19-6-5-16(23-2)4-3-11(7-12(16)19)24-10-15(20)21/h11-12H,3-10H2,1-2H3,(H,20,21)/t11-,12-,16+/m0/s1. The van der Waals surface area contributed by atoms with Crippen LogP contribution in [0.15, 0.2) is 4.52 Å². The SMILES string of the molecule is COCc1noc(CN2CC[C@]3(OC)CC[C@H](OCC(=O)O)C[C@H]23)n1. The van der Waals surface area contributed by atoms with Crippen molar-refractivity contribution in [2.75, 3.05) is 27.4 Å². The van der Waals surface area contributed by atoms with Crippen LogP contribution in [0.25, 0.3) is 0 Å². The van der Waals surface area contributed by atoms with Crippen molar-refractivity contribution in [3.8, 4) is 0 Å². The van der Waals surface area contributed by atoms with Crippen LogP contribution < -0.4 is 0 Å². The third-order valence-electron chi connectivity index (χ3n) is 5.22. The number of fused-ring (bicyclic) bond motifs is 1. The van der Waals surface area contributed by atoms with E-state index in [9.17, 15) is 4.79 Å². The molecule has 2 aliphatic rings. The van der Waals surface area contributed by atoms with Gasteiger partial charge in [0.25, 0.3) is 0 Å². The van der Waals surface area contributed by atoms with Crippen LogP contribution in [0.1, 0.15) is 37.4 Å². The minimum absolute atomic E-state index is 0.0725. The maximum atomic E-state index is 10.8. The molecule has 1 aliphatic carbocycles. The maximum absolute atomic E-state index is 10.8. The van der Waals surface area contributed by atoms with Crippen molar-refractivity contribution in [3.05, 3.63) is 11.7 Å². The molecule has 9 nitrogen and oxygen atoms in total. The van der Waals surface area contributed by atoms with E-state index in [4.69, 9.17) is 23.8 Å². The van der Waals surface area contributed by atoms with Gasteiger partial charge in [0.1, 0.15) is 13.2 Å². The first kappa shape index (κ1) is 18.2. The molecule has 140 valence electrons. The molecule has 2 fully saturated rings. The third kappa shape index (κ3) is 4.00. The van der Waals surface area contributed by atoms with E-state index in [0.29, 0.717) is 24.9 Å². The third-order valence-corrected chi connectivity index (χ3v) is 5.22. The van der Waals surface area contributed by atoms with Crippen molar-refractivity contribution in [2.24, 2.45) is 0 Å². The predicted octanol–water partition coefficient (Wildman–Crippen LogP) is 0.829. The average Bonchev–Trinajstić information content (AvgIpc) is 3.19. The normalized spacial score (nSPS) is 29.7. The summed E-state index contributed by atoms with van der Waals surface area (Å²) in [6, 6.07) is 0.142. The maximum Gasteiger partial charge on any atom is 0.329 e. The lowest BCUT2D eigenvalue weighted by atomic mass is 9.79. The van der Waals surface area contributed by atoms with E-state index in [1.165, 1.54) is 0 Å². The highest BCUT2D eigenvalue weighted by Crippen LogP contribution is 2.43. The fraction of sp³-hybridized carbons (Fsp3) is 0.812. The van der Waals surface area contributed by atoms with Crippen LogP contribution in [0.4, 0.5) is 0 Å². The molecule has 1 aromatic rings. The monoisotopic (exact) mass is 355 g/mol. The summed E-state index contributed by atoms with van der Waals surface area (Å²) < 4.78 is 21.7. The first-order valence-corrected chi connectivity index (χ1v) is 8.49. The highest BCUT2D eigenvalue weighted by molar-refractivity contribution is 5.68. The first-order chi connectivity index (χ1) is 12.1. The predicted molar refractivity (Wildman–Crippen MR) is 84.8 cm³/mol. The van der Waals surface area contributed by atoms with E-state index in [1.54, 1.807) is 14.2 Å². The van der Waals surface area contributed by atoms with Crippen molar-refractivity contribution < 1.29 is 28.6 Å². The Hall–Kier alpha value is -1.55. The van der Waals surface area contributed by atoms with E-state index < -0.39 is 5.97 Å². The summed E-state index contributed by atoms with van der Waals surface area (Å²) in [6.45, 7) is 1.46. The summed E-state index contributed by atoms with van der Waals surface area (Å²) in [6.07, 6.45) is 3.26. The Morgan fingerprint density at radius 3 is 3.00 bits per heavy atom. The average molecular weight is 355 g/mol. The molecule has 1 saturated carbocycles. The van der Waals surface area contributed by atoms with Gasteiger partial charge in [-0.2, -0.15) is 4.98 Å². The molecule has 25 heavy (non-hydrogen) atoms. The zero-order valence-electron chi connectivity index (χ0n) is 14.6. The molecule has 1 aromatic heterocycles. The van der Waals surface area contributed by atoms with Crippen LogP contribution in [-0.4, -0.2) is 71.2 Å². The second-order valence-electron chi connectivity index (χ2n) is 6.64. The zero-order valence-corrected chi connectivity index (χ0v) is 14.6. The van der Waals surface area contributed by atoms with Gasteiger partial charge in [-0.15, -0.1) is 0 Å². The largest absolute Gasteiger partial charge is 0.480 e. The molecular weight excluding hydrogens is 330 g/mol. The van der Waals surface area contributed by atoms with Crippen molar-refractivity contribution in [3.63, 3.8) is 0 Å². The summed E-state index contributed by atoms with van der Waals surface area (Å²) in [5.41, 5.74) is -0.210. The van der Waals surface area contributed by atoms with E-state index in [-0.39, 0.29) is 24.4 Å². The minimum atomic E-state index is -0.941. The van der Waals surface area contributed by atoms with Gasteiger partial charge in [-0.25, -0.2) is 4.79 Å². The number of carboxylic acid groups (broad SMARTS) is 1. The van der Waals surface area contributed by atoms with Gasteiger partial charge in [0, 0.05) is 26.8 Å². The molecule has 3 atom stereocenters. The van der Waals surface area contributed by atoms with Crippen molar-refractivity contribution >= 4 is 5.97 Å². The van der Waals surface area contributed by atoms with Crippen molar-refractivity contribution in [1.29, 1.82) is 0 Å². The Labute approximate surface area is 146 Å². The molecular formula is C16H25N3O6. The van der Waals surface area contributed by atoms with Crippen LogP contribution in [0.5, 0.6) is 0 Å².